The fraction of sp³-hybridized carbons (Fsp3) is 0. The highest BCUT2D eigenvalue weighted by molar-refractivity contribution is 6.07. The molecule has 2 heterocycles. The number of benzene rings is 1. The standard InChI is InChI=1S/C11H6F2N2O/c12-5-3-7(13)9-6-1-2-14-11(16)10(6)15-8(9)4-5/h1-4,15H,(H,14,16). The van der Waals surface area contributed by atoms with E-state index in [4.69, 9.17) is 0 Å². The van der Waals surface area contributed by atoms with Gasteiger partial charge in [0.2, 0.25) is 0 Å². The number of pyridine rings is 1. The third kappa shape index (κ3) is 1.08. The van der Waals surface area contributed by atoms with E-state index in [1.54, 1.807) is 6.07 Å². The van der Waals surface area contributed by atoms with Crippen LogP contribution in [-0.4, -0.2) is 9.97 Å². The zero-order chi connectivity index (χ0) is 11.3. The Hall–Kier alpha value is -2.17. The van der Waals surface area contributed by atoms with Gasteiger partial charge in [-0.1, -0.05) is 0 Å². The minimum Gasteiger partial charge on any atom is -0.350 e. The van der Waals surface area contributed by atoms with E-state index in [1.807, 2.05) is 0 Å². The van der Waals surface area contributed by atoms with Gasteiger partial charge in [-0.3, -0.25) is 4.79 Å². The van der Waals surface area contributed by atoms with Crippen molar-refractivity contribution in [1.29, 1.82) is 0 Å². The highest BCUT2D eigenvalue weighted by Crippen LogP contribution is 2.26. The Morgan fingerprint density at radius 3 is 2.81 bits per heavy atom. The van der Waals surface area contributed by atoms with Gasteiger partial charge in [0.05, 0.1) is 5.52 Å². The maximum absolute atomic E-state index is 13.6. The fourth-order valence-electron chi connectivity index (χ4n) is 1.89. The van der Waals surface area contributed by atoms with Gasteiger partial charge < -0.3 is 9.97 Å². The minimum atomic E-state index is -0.674. The molecule has 1 aromatic carbocycles. The second-order valence-electron chi connectivity index (χ2n) is 3.53. The van der Waals surface area contributed by atoms with Crippen molar-refractivity contribution in [1.82, 2.24) is 9.97 Å². The van der Waals surface area contributed by atoms with E-state index in [-0.39, 0.29) is 22.0 Å². The van der Waals surface area contributed by atoms with Crippen molar-refractivity contribution < 1.29 is 8.78 Å². The summed E-state index contributed by atoms with van der Waals surface area (Å²) in [6.45, 7) is 0. The van der Waals surface area contributed by atoms with Crippen molar-refractivity contribution >= 4 is 21.8 Å². The van der Waals surface area contributed by atoms with Crippen LogP contribution in [0.15, 0.2) is 29.2 Å². The van der Waals surface area contributed by atoms with Crippen LogP contribution in [0.1, 0.15) is 0 Å². The Balaban J connectivity index is 2.67. The molecule has 0 saturated carbocycles. The zero-order valence-electron chi connectivity index (χ0n) is 7.97. The van der Waals surface area contributed by atoms with Gasteiger partial charge in [0.15, 0.2) is 0 Å². The van der Waals surface area contributed by atoms with E-state index in [0.717, 1.165) is 12.1 Å². The molecule has 0 bridgehead atoms. The van der Waals surface area contributed by atoms with Crippen LogP contribution in [0.5, 0.6) is 0 Å². The summed E-state index contributed by atoms with van der Waals surface area (Å²) in [6, 6.07) is 3.55. The quantitative estimate of drug-likeness (QED) is 0.600. The molecule has 80 valence electrons. The van der Waals surface area contributed by atoms with Crippen LogP contribution in [-0.2, 0) is 0 Å². The predicted molar refractivity (Wildman–Crippen MR) is 56.3 cm³/mol. The smallest absolute Gasteiger partial charge is 0.272 e. The number of hydrogen-bond acceptors (Lipinski definition) is 1. The second-order valence-corrected chi connectivity index (χ2v) is 3.53. The molecule has 0 radical (unpaired) electrons. The summed E-state index contributed by atoms with van der Waals surface area (Å²) >= 11 is 0. The minimum absolute atomic E-state index is 0.238. The summed E-state index contributed by atoms with van der Waals surface area (Å²) in [5.74, 6) is -1.35. The third-order valence-corrected chi connectivity index (χ3v) is 2.54. The monoisotopic (exact) mass is 220 g/mol. The average molecular weight is 220 g/mol. The molecule has 2 N–H and O–H groups in total. The lowest BCUT2D eigenvalue weighted by Crippen LogP contribution is -2.03. The van der Waals surface area contributed by atoms with Gasteiger partial charge in [-0.15, -0.1) is 0 Å². The molecule has 0 amide bonds. The maximum atomic E-state index is 13.6. The number of rotatable bonds is 0. The Labute approximate surface area is 87.7 Å². The van der Waals surface area contributed by atoms with E-state index in [0.29, 0.717) is 5.39 Å². The van der Waals surface area contributed by atoms with E-state index in [1.165, 1.54) is 6.20 Å². The van der Waals surface area contributed by atoms with E-state index < -0.39 is 11.6 Å². The SMILES string of the molecule is O=c1[nH]ccc2c1[nH]c1cc(F)cc(F)c12. The summed E-state index contributed by atoms with van der Waals surface area (Å²) in [7, 11) is 0. The Bertz CT molecular complexity index is 758. The average Bonchev–Trinajstić information content (AvgIpc) is 2.57. The first-order valence-corrected chi connectivity index (χ1v) is 4.65. The van der Waals surface area contributed by atoms with Crippen molar-refractivity contribution in [2.75, 3.05) is 0 Å². The molecule has 0 aliphatic heterocycles. The number of fused-ring (bicyclic) bond motifs is 3. The summed E-state index contributed by atoms with van der Waals surface area (Å²) in [6.07, 6.45) is 1.43. The van der Waals surface area contributed by atoms with Crippen molar-refractivity contribution in [3.05, 3.63) is 46.4 Å². The predicted octanol–water partition coefficient (Wildman–Crippen LogP) is 2.29. The number of nitrogens with one attached hydrogen (secondary N) is 2. The van der Waals surface area contributed by atoms with E-state index in [2.05, 4.69) is 9.97 Å². The molecule has 0 atom stereocenters. The summed E-state index contributed by atoms with van der Waals surface area (Å²) in [5, 5.41) is 0.693. The number of hydrogen-bond donors (Lipinski definition) is 2. The topological polar surface area (TPSA) is 48.6 Å². The van der Waals surface area contributed by atoms with Crippen LogP contribution >= 0.6 is 0 Å². The van der Waals surface area contributed by atoms with Gasteiger partial charge in [0.1, 0.15) is 17.2 Å². The Morgan fingerprint density at radius 2 is 2.00 bits per heavy atom. The molecule has 0 aliphatic carbocycles. The van der Waals surface area contributed by atoms with Crippen molar-refractivity contribution in [3.8, 4) is 0 Å². The highest BCUT2D eigenvalue weighted by atomic mass is 19.1. The first-order valence-electron chi connectivity index (χ1n) is 4.65. The molecule has 5 heteroatoms. The fourth-order valence-corrected chi connectivity index (χ4v) is 1.89. The maximum Gasteiger partial charge on any atom is 0.272 e. The van der Waals surface area contributed by atoms with Crippen LogP contribution < -0.4 is 5.56 Å². The molecule has 0 spiro atoms. The van der Waals surface area contributed by atoms with Crippen molar-refractivity contribution in [2.24, 2.45) is 0 Å². The first-order chi connectivity index (χ1) is 7.66. The molecule has 0 unspecified atom stereocenters. The number of H-pyrrole nitrogens is 2. The normalized spacial score (nSPS) is 11.4. The molecule has 0 aliphatic rings. The summed E-state index contributed by atoms with van der Waals surface area (Å²) in [5.41, 5.74) is 0.180. The third-order valence-electron chi connectivity index (χ3n) is 2.54. The van der Waals surface area contributed by atoms with Crippen LogP contribution in [0.4, 0.5) is 8.78 Å². The molecule has 3 aromatic rings. The van der Waals surface area contributed by atoms with E-state index >= 15 is 0 Å². The van der Waals surface area contributed by atoms with Crippen LogP contribution in [0.2, 0.25) is 0 Å². The summed E-state index contributed by atoms with van der Waals surface area (Å²) < 4.78 is 26.6. The van der Waals surface area contributed by atoms with Crippen molar-refractivity contribution in [2.45, 2.75) is 0 Å². The van der Waals surface area contributed by atoms with Gasteiger partial charge in [0.25, 0.3) is 5.56 Å². The number of halogens is 2. The lowest BCUT2D eigenvalue weighted by Gasteiger charge is -1.93. The molecule has 3 rings (SSSR count). The molecule has 3 nitrogen and oxygen atoms in total. The second kappa shape index (κ2) is 2.91. The summed E-state index contributed by atoms with van der Waals surface area (Å²) in [4.78, 5) is 16.6. The first kappa shape index (κ1) is 9.08. The van der Waals surface area contributed by atoms with Crippen LogP contribution in [0.25, 0.3) is 21.8 Å². The van der Waals surface area contributed by atoms with Crippen LogP contribution in [0.3, 0.4) is 0 Å². The lowest BCUT2D eigenvalue weighted by atomic mass is 10.2. The number of aromatic nitrogens is 2. The molecular weight excluding hydrogens is 214 g/mol. The van der Waals surface area contributed by atoms with Crippen molar-refractivity contribution in [3.63, 3.8) is 0 Å². The Morgan fingerprint density at radius 1 is 1.19 bits per heavy atom. The molecule has 16 heavy (non-hydrogen) atoms. The van der Waals surface area contributed by atoms with Gasteiger partial charge in [-0.05, 0) is 12.1 Å². The van der Waals surface area contributed by atoms with Gasteiger partial charge in [-0.2, -0.15) is 0 Å². The molecule has 0 saturated heterocycles. The zero-order valence-corrected chi connectivity index (χ0v) is 7.97. The van der Waals surface area contributed by atoms with Gasteiger partial charge in [0, 0.05) is 23.0 Å². The largest absolute Gasteiger partial charge is 0.350 e. The van der Waals surface area contributed by atoms with E-state index in [9.17, 15) is 13.6 Å². The highest BCUT2D eigenvalue weighted by Gasteiger charge is 2.12. The molecular formula is C11H6F2N2O. The number of aromatic amines is 2. The van der Waals surface area contributed by atoms with Gasteiger partial charge in [-0.25, -0.2) is 8.78 Å². The molecule has 2 aromatic heterocycles. The molecule has 0 fully saturated rings. The van der Waals surface area contributed by atoms with Crippen LogP contribution in [0, 0.1) is 11.6 Å². The Kier molecular flexibility index (Phi) is 1.65. The lowest BCUT2D eigenvalue weighted by molar-refractivity contribution is 0.592. The van der Waals surface area contributed by atoms with Gasteiger partial charge >= 0.3 is 0 Å².